The first-order chi connectivity index (χ1) is 12.1. The van der Waals surface area contributed by atoms with Crippen LogP contribution in [0.3, 0.4) is 0 Å². The van der Waals surface area contributed by atoms with Gasteiger partial charge in [-0.25, -0.2) is 0 Å². The molecule has 0 aliphatic carbocycles. The summed E-state index contributed by atoms with van der Waals surface area (Å²) in [5, 5.41) is 1.21. The Kier molecular flexibility index (Phi) is 5.02. The van der Waals surface area contributed by atoms with Crippen molar-refractivity contribution in [1.29, 1.82) is 0 Å². The van der Waals surface area contributed by atoms with Gasteiger partial charge in [-0.1, -0.05) is 35.3 Å². The van der Waals surface area contributed by atoms with Crippen LogP contribution in [0.2, 0.25) is 10.0 Å². The molecule has 4 rings (SSSR count). The number of hydrogen-bond donors (Lipinski definition) is 0. The summed E-state index contributed by atoms with van der Waals surface area (Å²) in [6.45, 7) is 4.76. The molecule has 1 aliphatic rings. The normalized spacial score (nSPS) is 15.8. The summed E-state index contributed by atoms with van der Waals surface area (Å²) >= 11 is 19.4. The smallest absolute Gasteiger partial charge is 0.163 e. The summed E-state index contributed by atoms with van der Waals surface area (Å²) in [4.78, 5) is 4.80. The molecule has 2 aromatic carbocycles. The molecule has 1 aliphatic heterocycles. The van der Waals surface area contributed by atoms with E-state index in [9.17, 15) is 0 Å². The molecule has 1 saturated heterocycles. The Morgan fingerprint density at radius 1 is 0.960 bits per heavy atom. The maximum atomic E-state index is 6.15. The molecule has 0 saturated carbocycles. The Labute approximate surface area is 166 Å². The van der Waals surface area contributed by atoms with Gasteiger partial charge in [0.05, 0.1) is 26.9 Å². The second kappa shape index (κ2) is 7.25. The van der Waals surface area contributed by atoms with Crippen LogP contribution in [0, 0.1) is 3.95 Å². The fraction of sp³-hybridized carbons (Fsp3) is 0.278. The zero-order valence-electron chi connectivity index (χ0n) is 13.5. The van der Waals surface area contributed by atoms with Crippen LogP contribution in [0.5, 0.6) is 0 Å². The Morgan fingerprint density at radius 3 is 2.48 bits per heavy atom. The van der Waals surface area contributed by atoms with E-state index in [1.165, 1.54) is 10.2 Å². The first-order valence-electron chi connectivity index (χ1n) is 8.12. The Bertz CT molecular complexity index is 958. The average Bonchev–Trinajstić information content (AvgIpc) is 2.94. The summed E-state index contributed by atoms with van der Waals surface area (Å²) in [6.07, 6.45) is 0. The largest absolute Gasteiger partial charge is 0.369 e. The Hall–Kier alpha value is -1.11. The standard InChI is InChI=1S/C18H17Cl2N3S2/c19-14-6-5-13(11-15(14)20)22-9-7-21(8-10-22)12-23-16-3-1-2-4-17(16)25-18(23)24/h1-6,11H,7-10,12H2. The van der Waals surface area contributed by atoms with Crippen molar-refractivity contribution in [3.63, 3.8) is 0 Å². The van der Waals surface area contributed by atoms with Crippen molar-refractivity contribution in [2.45, 2.75) is 6.67 Å². The molecule has 0 spiro atoms. The van der Waals surface area contributed by atoms with Crippen molar-refractivity contribution in [1.82, 2.24) is 9.47 Å². The highest BCUT2D eigenvalue weighted by molar-refractivity contribution is 7.73. The molecule has 7 heteroatoms. The third kappa shape index (κ3) is 3.57. The van der Waals surface area contributed by atoms with Gasteiger partial charge in [0.2, 0.25) is 0 Å². The van der Waals surface area contributed by atoms with E-state index >= 15 is 0 Å². The van der Waals surface area contributed by atoms with Gasteiger partial charge < -0.3 is 9.47 Å². The maximum Gasteiger partial charge on any atom is 0.163 e. The molecule has 0 amide bonds. The van der Waals surface area contributed by atoms with Crippen LogP contribution in [0.4, 0.5) is 5.69 Å². The van der Waals surface area contributed by atoms with Crippen molar-refractivity contribution in [3.05, 3.63) is 56.5 Å². The van der Waals surface area contributed by atoms with Crippen LogP contribution in [0.1, 0.15) is 0 Å². The van der Waals surface area contributed by atoms with E-state index in [-0.39, 0.29) is 0 Å². The highest BCUT2D eigenvalue weighted by Gasteiger charge is 2.19. The number of hydrogen-bond acceptors (Lipinski definition) is 4. The van der Waals surface area contributed by atoms with E-state index in [1.807, 2.05) is 18.2 Å². The van der Waals surface area contributed by atoms with E-state index in [4.69, 9.17) is 35.4 Å². The number of piperazine rings is 1. The predicted molar refractivity (Wildman–Crippen MR) is 111 cm³/mol. The SMILES string of the molecule is S=c1sc2ccccc2n1CN1CCN(c2ccc(Cl)c(Cl)c2)CC1. The number of rotatable bonds is 3. The molecule has 3 aromatic rings. The lowest BCUT2D eigenvalue weighted by Crippen LogP contribution is -2.46. The fourth-order valence-electron chi connectivity index (χ4n) is 3.18. The molecular weight excluding hydrogens is 393 g/mol. The number of para-hydroxylation sites is 1. The second-order valence-electron chi connectivity index (χ2n) is 6.11. The number of aromatic nitrogens is 1. The number of nitrogens with zero attached hydrogens (tertiary/aromatic N) is 3. The zero-order valence-corrected chi connectivity index (χ0v) is 16.6. The maximum absolute atomic E-state index is 6.15. The zero-order chi connectivity index (χ0) is 17.4. The van der Waals surface area contributed by atoms with Gasteiger partial charge in [-0.3, -0.25) is 4.90 Å². The Balaban J connectivity index is 1.46. The molecule has 130 valence electrons. The lowest BCUT2D eigenvalue weighted by Gasteiger charge is -2.36. The van der Waals surface area contributed by atoms with Crippen molar-refractivity contribution < 1.29 is 0 Å². The number of halogens is 2. The van der Waals surface area contributed by atoms with E-state index < -0.39 is 0 Å². The molecule has 0 radical (unpaired) electrons. The first kappa shape index (κ1) is 17.3. The molecule has 1 fully saturated rings. The quantitative estimate of drug-likeness (QED) is 0.528. The highest BCUT2D eigenvalue weighted by atomic mass is 35.5. The van der Waals surface area contributed by atoms with Gasteiger partial charge in [0, 0.05) is 31.9 Å². The van der Waals surface area contributed by atoms with Gasteiger partial charge >= 0.3 is 0 Å². The average molecular weight is 410 g/mol. The fourth-order valence-corrected chi connectivity index (χ4v) is 4.78. The minimum Gasteiger partial charge on any atom is -0.369 e. The van der Waals surface area contributed by atoms with Gasteiger partial charge in [0.25, 0.3) is 0 Å². The first-order valence-corrected chi connectivity index (χ1v) is 10.1. The van der Waals surface area contributed by atoms with Crippen molar-refractivity contribution in [3.8, 4) is 0 Å². The highest BCUT2D eigenvalue weighted by Crippen LogP contribution is 2.28. The summed E-state index contributed by atoms with van der Waals surface area (Å²) in [7, 11) is 0. The third-order valence-electron chi connectivity index (χ3n) is 4.56. The van der Waals surface area contributed by atoms with Crippen LogP contribution in [-0.2, 0) is 6.67 Å². The number of benzene rings is 2. The van der Waals surface area contributed by atoms with E-state index in [0.717, 1.165) is 42.5 Å². The van der Waals surface area contributed by atoms with Crippen LogP contribution in [0.15, 0.2) is 42.5 Å². The summed E-state index contributed by atoms with van der Waals surface area (Å²) in [6, 6.07) is 14.3. The molecule has 2 heterocycles. The monoisotopic (exact) mass is 409 g/mol. The van der Waals surface area contributed by atoms with E-state index in [0.29, 0.717) is 10.0 Å². The molecule has 1 aromatic heterocycles. The van der Waals surface area contributed by atoms with Crippen LogP contribution in [0.25, 0.3) is 10.2 Å². The summed E-state index contributed by atoms with van der Waals surface area (Å²) in [5.41, 5.74) is 2.36. The predicted octanol–water partition coefficient (Wildman–Crippen LogP) is 5.52. The molecule has 25 heavy (non-hydrogen) atoms. The minimum absolute atomic E-state index is 0.600. The molecular formula is C18H17Cl2N3S2. The van der Waals surface area contributed by atoms with Gasteiger partial charge in [-0.15, -0.1) is 11.3 Å². The lowest BCUT2D eigenvalue weighted by molar-refractivity contribution is 0.209. The summed E-state index contributed by atoms with van der Waals surface area (Å²) < 4.78 is 4.43. The third-order valence-corrected chi connectivity index (χ3v) is 6.73. The van der Waals surface area contributed by atoms with E-state index in [1.54, 1.807) is 11.3 Å². The molecule has 0 atom stereocenters. The van der Waals surface area contributed by atoms with Crippen LogP contribution in [-0.4, -0.2) is 35.6 Å². The number of fused-ring (bicyclic) bond motifs is 1. The summed E-state index contributed by atoms with van der Waals surface area (Å²) in [5.74, 6) is 0. The Morgan fingerprint density at radius 2 is 1.72 bits per heavy atom. The van der Waals surface area contributed by atoms with Gasteiger partial charge in [0.15, 0.2) is 3.95 Å². The van der Waals surface area contributed by atoms with Crippen molar-refractivity contribution in [2.75, 3.05) is 31.1 Å². The second-order valence-corrected chi connectivity index (χ2v) is 8.60. The molecule has 0 N–H and O–H groups in total. The van der Waals surface area contributed by atoms with Gasteiger partial charge in [-0.2, -0.15) is 0 Å². The molecule has 0 bridgehead atoms. The van der Waals surface area contributed by atoms with Gasteiger partial charge in [-0.05, 0) is 42.5 Å². The molecule has 0 unspecified atom stereocenters. The van der Waals surface area contributed by atoms with Crippen LogP contribution >= 0.6 is 46.8 Å². The van der Waals surface area contributed by atoms with Crippen molar-refractivity contribution >= 4 is 62.7 Å². The topological polar surface area (TPSA) is 11.4 Å². The minimum atomic E-state index is 0.600. The lowest BCUT2D eigenvalue weighted by atomic mass is 10.2. The molecule has 3 nitrogen and oxygen atoms in total. The van der Waals surface area contributed by atoms with Crippen LogP contribution < -0.4 is 4.90 Å². The van der Waals surface area contributed by atoms with Gasteiger partial charge in [0.1, 0.15) is 0 Å². The number of thiazole rings is 1. The van der Waals surface area contributed by atoms with Crippen molar-refractivity contribution in [2.24, 2.45) is 0 Å². The van der Waals surface area contributed by atoms with E-state index in [2.05, 4.69) is 38.6 Å². The number of anilines is 1.